The van der Waals surface area contributed by atoms with E-state index in [9.17, 15) is 19.5 Å². The van der Waals surface area contributed by atoms with Gasteiger partial charge in [0.05, 0.1) is 12.7 Å². The molecule has 1 aliphatic rings. The summed E-state index contributed by atoms with van der Waals surface area (Å²) in [6, 6.07) is 24.7. The molecule has 0 aromatic heterocycles. The highest BCUT2D eigenvalue weighted by Crippen LogP contribution is 2.44. The van der Waals surface area contributed by atoms with Crippen LogP contribution in [0.4, 0.5) is 4.79 Å². The number of aliphatic carboxylic acids is 1. The number of carbonyl (C=O) groups is 3. The Labute approximate surface area is 247 Å². The van der Waals surface area contributed by atoms with Crippen LogP contribution in [0.1, 0.15) is 56.2 Å². The number of hydrogen-bond acceptors (Lipinski definition) is 5. The minimum atomic E-state index is -1.05. The number of benzene rings is 3. The molecule has 3 aromatic carbocycles. The maximum Gasteiger partial charge on any atom is 0.407 e. The summed E-state index contributed by atoms with van der Waals surface area (Å²) in [7, 11) is 0. The molecule has 4 rings (SSSR count). The SMILES string of the molecule is CC(C)C[C@H](CNC(=O)C(NC(=O)OCC1c2ccccc2-c2ccccc21)C(C)OCc1ccccc1)CC(=O)O. The van der Waals surface area contributed by atoms with Crippen LogP contribution in [0.2, 0.25) is 0 Å². The van der Waals surface area contributed by atoms with Gasteiger partial charge in [-0.05, 0) is 53.0 Å². The van der Waals surface area contributed by atoms with Gasteiger partial charge in [-0.2, -0.15) is 0 Å². The molecule has 222 valence electrons. The van der Waals surface area contributed by atoms with E-state index in [2.05, 4.69) is 22.8 Å². The minimum absolute atomic E-state index is 0.0526. The van der Waals surface area contributed by atoms with Crippen LogP contribution in [-0.4, -0.2) is 48.4 Å². The normalized spacial score (nSPS) is 14.4. The van der Waals surface area contributed by atoms with Gasteiger partial charge in [0, 0.05) is 18.9 Å². The first-order valence-electron chi connectivity index (χ1n) is 14.5. The van der Waals surface area contributed by atoms with Gasteiger partial charge in [-0.3, -0.25) is 9.59 Å². The first-order chi connectivity index (χ1) is 20.2. The van der Waals surface area contributed by atoms with Crippen LogP contribution < -0.4 is 10.6 Å². The molecule has 1 aliphatic carbocycles. The number of nitrogens with one attached hydrogen (secondary N) is 2. The number of carboxylic acid groups (broad SMARTS) is 1. The number of amides is 2. The predicted octanol–water partition coefficient (Wildman–Crippen LogP) is 5.75. The van der Waals surface area contributed by atoms with Crippen molar-refractivity contribution in [3.8, 4) is 11.1 Å². The smallest absolute Gasteiger partial charge is 0.407 e. The van der Waals surface area contributed by atoms with Crippen molar-refractivity contribution in [1.29, 1.82) is 0 Å². The lowest BCUT2D eigenvalue weighted by Crippen LogP contribution is -2.54. The Morgan fingerprint density at radius 1 is 0.857 bits per heavy atom. The summed E-state index contributed by atoms with van der Waals surface area (Å²) in [5.74, 6) is -1.45. The van der Waals surface area contributed by atoms with Gasteiger partial charge in [0.15, 0.2) is 0 Å². The third-order valence-corrected chi connectivity index (χ3v) is 7.56. The second-order valence-electron chi connectivity index (χ2n) is 11.3. The summed E-state index contributed by atoms with van der Waals surface area (Å²) in [6.45, 7) is 6.29. The average molecular weight is 573 g/mol. The molecule has 42 heavy (non-hydrogen) atoms. The Morgan fingerprint density at radius 2 is 1.45 bits per heavy atom. The summed E-state index contributed by atoms with van der Waals surface area (Å²) in [4.78, 5) is 37.9. The van der Waals surface area contributed by atoms with Crippen LogP contribution in [0.15, 0.2) is 78.9 Å². The standard InChI is InChI=1S/C34H40N2O6/c1-22(2)17-25(18-31(37)38)19-35-33(39)32(23(3)41-20-24-11-5-4-6-12-24)36-34(40)42-21-30-28-15-9-7-13-26(28)27-14-8-10-16-29(27)30/h4-16,22-23,25,30,32H,17-21H2,1-3H3,(H,35,39)(H,36,40)(H,37,38)/t23?,25-,32?/m0/s1. The number of fused-ring (bicyclic) bond motifs is 3. The number of rotatable bonds is 14. The minimum Gasteiger partial charge on any atom is -0.481 e. The fourth-order valence-electron chi connectivity index (χ4n) is 5.57. The molecule has 0 spiro atoms. The van der Waals surface area contributed by atoms with E-state index in [1.54, 1.807) is 6.92 Å². The van der Waals surface area contributed by atoms with Gasteiger partial charge in [0.25, 0.3) is 0 Å². The number of carboxylic acids is 1. The lowest BCUT2D eigenvalue weighted by Gasteiger charge is -2.26. The van der Waals surface area contributed by atoms with Gasteiger partial charge in [-0.25, -0.2) is 4.79 Å². The van der Waals surface area contributed by atoms with Crippen molar-refractivity contribution in [3.63, 3.8) is 0 Å². The van der Waals surface area contributed by atoms with Gasteiger partial charge >= 0.3 is 12.1 Å². The maximum absolute atomic E-state index is 13.4. The van der Waals surface area contributed by atoms with E-state index in [4.69, 9.17) is 9.47 Å². The highest BCUT2D eigenvalue weighted by atomic mass is 16.5. The Bertz CT molecular complexity index is 1310. The van der Waals surface area contributed by atoms with E-state index in [1.165, 1.54) is 0 Å². The van der Waals surface area contributed by atoms with Crippen LogP contribution in [-0.2, 0) is 25.7 Å². The van der Waals surface area contributed by atoms with Gasteiger partial charge in [-0.15, -0.1) is 0 Å². The number of ether oxygens (including phenoxy) is 2. The molecule has 8 heteroatoms. The van der Waals surface area contributed by atoms with Crippen LogP contribution >= 0.6 is 0 Å². The summed E-state index contributed by atoms with van der Waals surface area (Å²) in [6.07, 6.45) is -0.815. The maximum atomic E-state index is 13.4. The molecule has 0 aliphatic heterocycles. The van der Waals surface area contributed by atoms with Crippen LogP contribution in [0.25, 0.3) is 11.1 Å². The summed E-state index contributed by atoms with van der Waals surface area (Å²) < 4.78 is 11.7. The molecule has 0 fully saturated rings. The van der Waals surface area contributed by atoms with Crippen molar-refractivity contribution < 1.29 is 29.0 Å². The van der Waals surface area contributed by atoms with Gasteiger partial charge in [0.1, 0.15) is 12.6 Å². The Morgan fingerprint density at radius 3 is 2.05 bits per heavy atom. The zero-order valence-electron chi connectivity index (χ0n) is 24.4. The van der Waals surface area contributed by atoms with Gasteiger partial charge in [-0.1, -0.05) is 92.7 Å². The first kappa shape index (κ1) is 30.8. The van der Waals surface area contributed by atoms with Crippen LogP contribution in [0.5, 0.6) is 0 Å². The molecule has 0 heterocycles. The summed E-state index contributed by atoms with van der Waals surface area (Å²) in [5, 5.41) is 14.9. The second-order valence-corrected chi connectivity index (χ2v) is 11.3. The Hall–Kier alpha value is -4.17. The quantitative estimate of drug-likeness (QED) is 0.227. The van der Waals surface area contributed by atoms with E-state index in [0.717, 1.165) is 27.8 Å². The topological polar surface area (TPSA) is 114 Å². The number of hydrogen-bond donors (Lipinski definition) is 3. The highest BCUT2D eigenvalue weighted by molar-refractivity contribution is 5.86. The largest absolute Gasteiger partial charge is 0.481 e. The van der Waals surface area contributed by atoms with Crippen molar-refractivity contribution in [3.05, 3.63) is 95.6 Å². The second kappa shape index (κ2) is 14.6. The van der Waals surface area contributed by atoms with Crippen molar-refractivity contribution in [2.75, 3.05) is 13.2 Å². The monoisotopic (exact) mass is 572 g/mol. The molecule has 0 saturated heterocycles. The van der Waals surface area contributed by atoms with E-state index in [-0.39, 0.29) is 43.9 Å². The predicted molar refractivity (Wildman–Crippen MR) is 161 cm³/mol. The van der Waals surface area contributed by atoms with E-state index in [0.29, 0.717) is 6.42 Å². The molecule has 3 atom stereocenters. The Kier molecular flexibility index (Phi) is 10.7. The van der Waals surface area contributed by atoms with E-state index in [1.807, 2.05) is 80.6 Å². The van der Waals surface area contributed by atoms with Crippen molar-refractivity contribution >= 4 is 18.0 Å². The summed E-state index contributed by atoms with van der Waals surface area (Å²) >= 11 is 0. The number of alkyl carbamates (subject to hydrolysis) is 1. The third-order valence-electron chi connectivity index (χ3n) is 7.56. The zero-order chi connectivity index (χ0) is 30.1. The molecular formula is C34H40N2O6. The zero-order valence-corrected chi connectivity index (χ0v) is 24.4. The fourth-order valence-corrected chi connectivity index (χ4v) is 5.57. The van der Waals surface area contributed by atoms with Crippen molar-refractivity contribution in [2.45, 2.75) is 58.3 Å². The summed E-state index contributed by atoms with van der Waals surface area (Å²) in [5.41, 5.74) is 5.37. The molecule has 2 unspecified atom stereocenters. The van der Waals surface area contributed by atoms with Gasteiger partial charge in [0.2, 0.25) is 5.91 Å². The molecule has 0 bridgehead atoms. The molecule has 3 N–H and O–H groups in total. The lowest BCUT2D eigenvalue weighted by atomic mass is 9.94. The Balaban J connectivity index is 1.43. The van der Waals surface area contributed by atoms with E-state index >= 15 is 0 Å². The molecule has 0 radical (unpaired) electrons. The molecule has 8 nitrogen and oxygen atoms in total. The lowest BCUT2D eigenvalue weighted by molar-refractivity contribution is -0.138. The van der Waals surface area contributed by atoms with Crippen molar-refractivity contribution in [1.82, 2.24) is 10.6 Å². The van der Waals surface area contributed by atoms with Gasteiger partial charge < -0.3 is 25.2 Å². The average Bonchev–Trinajstić information content (AvgIpc) is 3.29. The molecular weight excluding hydrogens is 532 g/mol. The molecule has 0 saturated carbocycles. The van der Waals surface area contributed by atoms with Crippen LogP contribution in [0.3, 0.4) is 0 Å². The van der Waals surface area contributed by atoms with Crippen LogP contribution in [0, 0.1) is 11.8 Å². The highest BCUT2D eigenvalue weighted by Gasteiger charge is 2.32. The fraction of sp³-hybridized carbons (Fsp3) is 0.382. The molecule has 3 aromatic rings. The third kappa shape index (κ3) is 8.19. The number of carbonyl (C=O) groups excluding carboxylic acids is 2. The van der Waals surface area contributed by atoms with E-state index < -0.39 is 30.1 Å². The van der Waals surface area contributed by atoms with Crippen molar-refractivity contribution in [2.24, 2.45) is 11.8 Å². The molecule has 2 amide bonds. The first-order valence-corrected chi connectivity index (χ1v) is 14.5.